The first kappa shape index (κ1) is 10.9. The summed E-state index contributed by atoms with van der Waals surface area (Å²) in [5.74, 6) is 0.530. The SMILES string of the molecule is COc1cc(C)c(C)cc1-[n+]1nscc1[O-]. The molecule has 0 bridgehead atoms. The molecule has 0 saturated heterocycles. The van der Waals surface area contributed by atoms with E-state index in [1.165, 1.54) is 10.1 Å². The van der Waals surface area contributed by atoms with Crippen molar-refractivity contribution in [2.45, 2.75) is 13.8 Å². The number of hydrogen-bond donors (Lipinski definition) is 0. The lowest BCUT2D eigenvalue weighted by molar-refractivity contribution is -0.696. The number of aromatic nitrogens is 2. The smallest absolute Gasteiger partial charge is 0.280 e. The third kappa shape index (κ3) is 1.74. The molecule has 2 rings (SSSR count). The Hall–Kier alpha value is -1.62. The van der Waals surface area contributed by atoms with Gasteiger partial charge in [0.05, 0.1) is 17.0 Å². The van der Waals surface area contributed by atoms with Crippen molar-refractivity contribution in [1.29, 1.82) is 0 Å². The molecule has 0 aliphatic heterocycles. The Kier molecular flexibility index (Phi) is 2.78. The van der Waals surface area contributed by atoms with E-state index in [-0.39, 0.29) is 5.88 Å². The number of hydrogen-bond acceptors (Lipinski definition) is 4. The highest BCUT2D eigenvalue weighted by atomic mass is 32.1. The Morgan fingerprint density at radius 2 is 2.00 bits per heavy atom. The molecule has 0 aliphatic carbocycles. The fourth-order valence-electron chi connectivity index (χ4n) is 1.47. The van der Waals surface area contributed by atoms with Crippen LogP contribution >= 0.6 is 11.5 Å². The molecule has 84 valence electrons. The average Bonchev–Trinajstić information content (AvgIpc) is 2.68. The van der Waals surface area contributed by atoms with Crippen LogP contribution in [0.25, 0.3) is 5.69 Å². The standard InChI is InChI=1S/C11H12N2O2S/c1-7-4-9(10(15-3)5-8(7)2)13-11(14)6-16-12-13/h4-6H,1-3H3. The van der Waals surface area contributed by atoms with Gasteiger partial charge in [0.2, 0.25) is 0 Å². The Morgan fingerprint density at radius 1 is 1.31 bits per heavy atom. The summed E-state index contributed by atoms with van der Waals surface area (Å²) >= 11 is 1.14. The minimum atomic E-state index is -0.133. The lowest BCUT2D eigenvalue weighted by Crippen LogP contribution is -2.35. The third-order valence-corrected chi connectivity index (χ3v) is 3.08. The van der Waals surface area contributed by atoms with Gasteiger partial charge in [-0.1, -0.05) is 0 Å². The van der Waals surface area contributed by atoms with E-state index in [1.807, 2.05) is 26.0 Å². The van der Waals surface area contributed by atoms with Crippen molar-refractivity contribution in [3.8, 4) is 17.3 Å². The third-order valence-electron chi connectivity index (χ3n) is 2.51. The summed E-state index contributed by atoms with van der Waals surface area (Å²) in [6, 6.07) is 3.83. The lowest BCUT2D eigenvalue weighted by atomic mass is 10.1. The number of methoxy groups -OCH3 is 1. The lowest BCUT2D eigenvalue weighted by Gasteiger charge is -2.06. The van der Waals surface area contributed by atoms with E-state index in [1.54, 1.807) is 7.11 Å². The van der Waals surface area contributed by atoms with Crippen LogP contribution in [0.4, 0.5) is 0 Å². The van der Waals surface area contributed by atoms with E-state index in [2.05, 4.69) is 4.49 Å². The highest BCUT2D eigenvalue weighted by Gasteiger charge is 2.18. The fourth-order valence-corrected chi connectivity index (χ4v) is 1.97. The Bertz CT molecular complexity index is 523. The summed E-state index contributed by atoms with van der Waals surface area (Å²) in [5, 5.41) is 13.0. The minimum Gasteiger partial charge on any atom is -0.820 e. The summed E-state index contributed by atoms with van der Waals surface area (Å²) in [7, 11) is 1.59. The minimum absolute atomic E-state index is 0.133. The zero-order valence-corrected chi connectivity index (χ0v) is 10.2. The van der Waals surface area contributed by atoms with Gasteiger partial charge in [-0.05, 0) is 35.7 Å². The molecule has 1 aromatic carbocycles. The highest BCUT2D eigenvalue weighted by Crippen LogP contribution is 2.23. The first-order valence-corrected chi connectivity index (χ1v) is 5.66. The average molecular weight is 236 g/mol. The monoisotopic (exact) mass is 236 g/mol. The van der Waals surface area contributed by atoms with Gasteiger partial charge in [0, 0.05) is 17.6 Å². The van der Waals surface area contributed by atoms with Crippen LogP contribution in [0.1, 0.15) is 11.1 Å². The predicted octanol–water partition coefficient (Wildman–Crippen LogP) is 1.12. The molecule has 0 aliphatic rings. The van der Waals surface area contributed by atoms with Gasteiger partial charge in [0.1, 0.15) is 0 Å². The second-order valence-corrected chi connectivity index (χ2v) is 4.17. The van der Waals surface area contributed by atoms with E-state index < -0.39 is 0 Å². The maximum atomic E-state index is 11.5. The molecule has 0 saturated carbocycles. The van der Waals surface area contributed by atoms with E-state index in [0.717, 1.165) is 22.7 Å². The largest absolute Gasteiger partial charge is 0.820 e. The number of ether oxygens (including phenoxy) is 1. The zero-order chi connectivity index (χ0) is 11.7. The molecule has 2 aromatic rings. The topological polar surface area (TPSA) is 49.1 Å². The van der Waals surface area contributed by atoms with Crippen LogP contribution in [0.5, 0.6) is 11.6 Å². The Labute approximate surface area is 97.9 Å². The van der Waals surface area contributed by atoms with Crippen molar-refractivity contribution in [3.05, 3.63) is 28.6 Å². The van der Waals surface area contributed by atoms with Gasteiger partial charge >= 0.3 is 0 Å². The molecular weight excluding hydrogens is 224 g/mol. The van der Waals surface area contributed by atoms with E-state index in [0.29, 0.717) is 11.4 Å². The summed E-state index contributed by atoms with van der Waals surface area (Å²) < 4.78 is 10.7. The van der Waals surface area contributed by atoms with Crippen molar-refractivity contribution < 1.29 is 14.5 Å². The summed E-state index contributed by atoms with van der Waals surface area (Å²) in [6.07, 6.45) is 0. The second-order valence-electron chi connectivity index (χ2n) is 3.56. The molecule has 0 fully saturated rings. The van der Waals surface area contributed by atoms with Gasteiger partial charge in [-0.25, -0.2) is 0 Å². The molecule has 16 heavy (non-hydrogen) atoms. The molecule has 0 spiro atoms. The first-order chi connectivity index (χ1) is 7.63. The van der Waals surface area contributed by atoms with Gasteiger partial charge in [-0.15, -0.1) is 0 Å². The van der Waals surface area contributed by atoms with Crippen LogP contribution in [0.2, 0.25) is 0 Å². The van der Waals surface area contributed by atoms with Crippen LogP contribution in [-0.2, 0) is 0 Å². The molecule has 5 heteroatoms. The molecule has 0 N–H and O–H groups in total. The van der Waals surface area contributed by atoms with Crippen molar-refractivity contribution >= 4 is 11.5 Å². The number of rotatable bonds is 2. The van der Waals surface area contributed by atoms with E-state index in [9.17, 15) is 5.11 Å². The van der Waals surface area contributed by atoms with Gasteiger partial charge in [-0.3, -0.25) is 0 Å². The number of benzene rings is 1. The quantitative estimate of drug-likeness (QED) is 0.734. The molecule has 0 atom stereocenters. The maximum Gasteiger partial charge on any atom is 0.280 e. The molecule has 0 radical (unpaired) electrons. The van der Waals surface area contributed by atoms with Crippen LogP contribution in [0.3, 0.4) is 0 Å². The summed E-state index contributed by atoms with van der Waals surface area (Å²) in [4.78, 5) is 0. The molecular formula is C11H12N2O2S. The van der Waals surface area contributed by atoms with Crippen molar-refractivity contribution in [1.82, 2.24) is 4.49 Å². The van der Waals surface area contributed by atoms with E-state index >= 15 is 0 Å². The number of nitrogens with zero attached hydrogens (tertiary/aromatic N) is 2. The maximum absolute atomic E-state index is 11.5. The molecule has 0 amide bonds. The zero-order valence-electron chi connectivity index (χ0n) is 9.35. The molecule has 4 nitrogen and oxygen atoms in total. The molecule has 1 heterocycles. The highest BCUT2D eigenvalue weighted by molar-refractivity contribution is 7.03. The van der Waals surface area contributed by atoms with Crippen LogP contribution in [0.15, 0.2) is 17.5 Å². The van der Waals surface area contributed by atoms with Gasteiger partial charge in [0.15, 0.2) is 11.6 Å². The Balaban J connectivity index is 2.64. The molecule has 1 aromatic heterocycles. The van der Waals surface area contributed by atoms with Crippen LogP contribution in [-0.4, -0.2) is 11.6 Å². The van der Waals surface area contributed by atoms with E-state index in [4.69, 9.17) is 4.74 Å². The van der Waals surface area contributed by atoms with Crippen LogP contribution in [0, 0.1) is 13.8 Å². The summed E-state index contributed by atoms with van der Waals surface area (Å²) in [5.41, 5.74) is 2.93. The van der Waals surface area contributed by atoms with Gasteiger partial charge in [0.25, 0.3) is 5.69 Å². The second kappa shape index (κ2) is 4.09. The first-order valence-electron chi connectivity index (χ1n) is 4.83. The van der Waals surface area contributed by atoms with Crippen molar-refractivity contribution in [2.24, 2.45) is 0 Å². The van der Waals surface area contributed by atoms with Gasteiger partial charge < -0.3 is 9.84 Å². The van der Waals surface area contributed by atoms with Gasteiger partial charge in [-0.2, -0.15) is 0 Å². The predicted molar refractivity (Wildman–Crippen MR) is 59.1 cm³/mol. The number of aryl methyl sites for hydroxylation is 2. The fraction of sp³-hybridized carbons (Fsp3) is 0.273. The Morgan fingerprint density at radius 3 is 2.56 bits per heavy atom. The summed E-state index contributed by atoms with van der Waals surface area (Å²) in [6.45, 7) is 4.00. The van der Waals surface area contributed by atoms with Crippen LogP contribution < -0.4 is 14.5 Å². The van der Waals surface area contributed by atoms with Crippen molar-refractivity contribution in [3.63, 3.8) is 0 Å². The molecule has 0 unspecified atom stereocenters. The normalized spacial score (nSPS) is 10.4. The van der Waals surface area contributed by atoms with Crippen molar-refractivity contribution in [2.75, 3.05) is 7.11 Å².